The van der Waals surface area contributed by atoms with Crippen LogP contribution in [-0.2, 0) is 10.3 Å². The van der Waals surface area contributed by atoms with Gasteiger partial charge in [0.05, 0.1) is 36.7 Å². The summed E-state index contributed by atoms with van der Waals surface area (Å²) in [5.41, 5.74) is 0.194. The summed E-state index contributed by atoms with van der Waals surface area (Å²) in [6, 6.07) is 11.4. The molecule has 206 valence electrons. The molecule has 2 amide bonds. The van der Waals surface area contributed by atoms with Crippen molar-refractivity contribution < 1.29 is 19.1 Å². The van der Waals surface area contributed by atoms with E-state index in [1.54, 1.807) is 28.8 Å². The third kappa shape index (κ3) is 3.61. The topological polar surface area (TPSA) is 135 Å². The number of anilines is 2. The van der Waals surface area contributed by atoms with Crippen molar-refractivity contribution in [3.8, 4) is 29.3 Å². The molecular formula is C28H21Cl2N7O4. The van der Waals surface area contributed by atoms with Crippen LogP contribution in [0.2, 0.25) is 10.0 Å². The molecule has 0 bridgehead atoms. The number of carbonyl (C=O) groups is 2. The van der Waals surface area contributed by atoms with Crippen molar-refractivity contribution in [2.75, 3.05) is 24.4 Å². The monoisotopic (exact) mass is 589 g/mol. The molecule has 0 radical (unpaired) electrons. The van der Waals surface area contributed by atoms with E-state index in [0.29, 0.717) is 33.4 Å². The lowest BCUT2D eigenvalue weighted by atomic mass is 9.86. The van der Waals surface area contributed by atoms with E-state index in [0.717, 1.165) is 0 Å². The number of methoxy groups -OCH3 is 2. The van der Waals surface area contributed by atoms with Gasteiger partial charge in [0.25, 0.3) is 11.8 Å². The number of hydrogen-bond donors (Lipinski definition) is 1. The summed E-state index contributed by atoms with van der Waals surface area (Å²) in [6.07, 6.45) is 1.49. The average Bonchev–Trinajstić information content (AvgIpc) is 3.56. The van der Waals surface area contributed by atoms with Gasteiger partial charge in [0.1, 0.15) is 11.9 Å². The fraction of sp³-hybridized carbons (Fsp3) is 0.214. The van der Waals surface area contributed by atoms with Crippen LogP contribution in [0.3, 0.4) is 0 Å². The Hall–Kier alpha value is -4.66. The van der Waals surface area contributed by atoms with E-state index in [1.807, 2.05) is 13.8 Å². The smallest absolute Gasteiger partial charge is 0.319 e. The highest BCUT2D eigenvalue weighted by atomic mass is 35.5. The lowest BCUT2D eigenvalue weighted by Crippen LogP contribution is -2.51. The number of carbonyl (C=O) groups excluding carboxylic acids is 2. The van der Waals surface area contributed by atoms with Crippen molar-refractivity contribution >= 4 is 46.4 Å². The Morgan fingerprint density at radius 2 is 1.78 bits per heavy atom. The maximum Gasteiger partial charge on any atom is 0.319 e. The van der Waals surface area contributed by atoms with Crippen LogP contribution < -0.4 is 19.7 Å². The normalized spacial score (nSPS) is 17.1. The summed E-state index contributed by atoms with van der Waals surface area (Å²) >= 11 is 12.7. The van der Waals surface area contributed by atoms with Gasteiger partial charge in [-0.15, -0.1) is 0 Å². The highest BCUT2D eigenvalue weighted by molar-refractivity contribution is 6.32. The molecule has 11 nitrogen and oxygen atoms in total. The maximum atomic E-state index is 14.4. The number of nitrogens with zero attached hydrogens (tertiary/aromatic N) is 6. The zero-order valence-electron chi connectivity index (χ0n) is 22.2. The number of hydrogen-bond acceptors (Lipinski definition) is 8. The number of aromatic nitrogens is 4. The Kier molecular flexibility index (Phi) is 6.13. The lowest BCUT2D eigenvalue weighted by molar-refractivity contribution is -0.119. The summed E-state index contributed by atoms with van der Waals surface area (Å²) in [4.78, 5) is 43.3. The number of nitriles is 1. The number of ether oxygens (including phenoxy) is 2. The van der Waals surface area contributed by atoms with Gasteiger partial charge in [-0.25, -0.2) is 9.97 Å². The first-order valence-electron chi connectivity index (χ1n) is 12.4. The van der Waals surface area contributed by atoms with Crippen LogP contribution in [0.4, 0.5) is 11.4 Å². The standard InChI is InChI=1S/C28H21Cl2N7O4/c1-13(2)36-22-21(34-23(36)17-12-32-27(41-4)35-24(17)40-3)25(38)37(20-10-16(30)6-5-14(20)11-31)28(22)18-8-7-15(29)9-19(18)33-26(28)39/h5-10,12-13H,1-4H3,(H,33,39). The van der Waals surface area contributed by atoms with Crippen molar-refractivity contribution in [1.29, 1.82) is 5.26 Å². The number of fused-ring (bicyclic) bond motifs is 4. The average molecular weight is 590 g/mol. The number of rotatable bonds is 5. The molecule has 41 heavy (non-hydrogen) atoms. The molecule has 2 aliphatic rings. The third-order valence-electron chi connectivity index (χ3n) is 7.13. The molecule has 1 spiro atoms. The summed E-state index contributed by atoms with van der Waals surface area (Å²) < 4.78 is 12.5. The van der Waals surface area contributed by atoms with Crippen molar-refractivity contribution in [2.24, 2.45) is 0 Å². The van der Waals surface area contributed by atoms with Crippen molar-refractivity contribution in [2.45, 2.75) is 25.4 Å². The highest BCUT2D eigenvalue weighted by Crippen LogP contribution is 2.55. The molecule has 0 aliphatic carbocycles. The van der Waals surface area contributed by atoms with Gasteiger partial charge < -0.3 is 19.4 Å². The van der Waals surface area contributed by atoms with Crippen molar-refractivity contribution in [3.63, 3.8) is 0 Å². The first-order valence-corrected chi connectivity index (χ1v) is 13.2. The molecule has 2 aliphatic heterocycles. The molecule has 4 aromatic rings. The quantitative estimate of drug-likeness (QED) is 0.344. The minimum atomic E-state index is -1.75. The SMILES string of the molecule is COc1ncc(-c2nc3c(n2C(C)C)C2(C(=O)Nc4cc(Cl)ccc42)N(c2cc(Cl)ccc2C#N)C3=O)c(OC)n1. The van der Waals surface area contributed by atoms with Gasteiger partial charge in [0.2, 0.25) is 5.88 Å². The first kappa shape index (κ1) is 26.6. The van der Waals surface area contributed by atoms with E-state index in [4.69, 9.17) is 37.7 Å². The van der Waals surface area contributed by atoms with Crippen LogP contribution in [-0.4, -0.2) is 45.6 Å². The van der Waals surface area contributed by atoms with Gasteiger partial charge in [0, 0.05) is 33.5 Å². The molecule has 0 fully saturated rings. The predicted octanol–water partition coefficient (Wildman–Crippen LogP) is 4.97. The Balaban J connectivity index is 1.74. The van der Waals surface area contributed by atoms with E-state index in [2.05, 4.69) is 21.4 Å². The third-order valence-corrected chi connectivity index (χ3v) is 7.60. The van der Waals surface area contributed by atoms with Crippen LogP contribution in [0.15, 0.2) is 42.6 Å². The van der Waals surface area contributed by atoms with E-state index < -0.39 is 17.4 Å². The van der Waals surface area contributed by atoms with Crippen LogP contribution in [0.25, 0.3) is 11.4 Å². The highest BCUT2D eigenvalue weighted by Gasteiger charge is 2.64. The number of nitrogens with one attached hydrogen (secondary N) is 1. The molecule has 2 aromatic heterocycles. The van der Waals surface area contributed by atoms with Gasteiger partial charge in [-0.1, -0.05) is 29.3 Å². The minimum absolute atomic E-state index is 0.0217. The van der Waals surface area contributed by atoms with Gasteiger partial charge in [-0.05, 0) is 44.2 Å². The van der Waals surface area contributed by atoms with Crippen LogP contribution in [0.5, 0.6) is 11.9 Å². The molecule has 2 aromatic carbocycles. The van der Waals surface area contributed by atoms with E-state index in [9.17, 15) is 14.9 Å². The van der Waals surface area contributed by atoms with E-state index >= 15 is 0 Å². The summed E-state index contributed by atoms with van der Waals surface area (Å²) in [5, 5.41) is 13.6. The number of imidazole rings is 1. The summed E-state index contributed by atoms with van der Waals surface area (Å²) in [7, 11) is 2.88. The summed E-state index contributed by atoms with van der Waals surface area (Å²) in [5.74, 6) is -0.619. The van der Waals surface area contributed by atoms with Crippen LogP contribution >= 0.6 is 23.2 Å². The largest absolute Gasteiger partial charge is 0.480 e. The van der Waals surface area contributed by atoms with E-state index in [1.165, 1.54) is 37.4 Å². The predicted molar refractivity (Wildman–Crippen MR) is 151 cm³/mol. The molecule has 0 saturated heterocycles. The second kappa shape index (κ2) is 9.47. The Labute approximate surface area is 244 Å². The van der Waals surface area contributed by atoms with Crippen molar-refractivity contribution in [3.05, 3.63) is 75.2 Å². The minimum Gasteiger partial charge on any atom is -0.480 e. The Morgan fingerprint density at radius 3 is 2.46 bits per heavy atom. The Morgan fingerprint density at radius 1 is 1.05 bits per heavy atom. The number of benzene rings is 2. The molecule has 4 heterocycles. The number of amides is 2. The summed E-state index contributed by atoms with van der Waals surface area (Å²) in [6.45, 7) is 3.80. The zero-order valence-corrected chi connectivity index (χ0v) is 23.7. The second-order valence-corrected chi connectivity index (χ2v) is 10.5. The molecule has 0 saturated carbocycles. The lowest BCUT2D eigenvalue weighted by Gasteiger charge is -2.36. The van der Waals surface area contributed by atoms with E-state index in [-0.39, 0.29) is 39.9 Å². The molecule has 1 atom stereocenters. The number of halogens is 2. The molecule has 1 unspecified atom stereocenters. The fourth-order valence-electron chi connectivity index (χ4n) is 5.54. The molecule has 13 heteroatoms. The van der Waals surface area contributed by atoms with Gasteiger partial charge in [-0.3, -0.25) is 14.5 Å². The van der Waals surface area contributed by atoms with Gasteiger partial charge >= 0.3 is 6.01 Å². The van der Waals surface area contributed by atoms with Gasteiger partial charge in [0.15, 0.2) is 11.2 Å². The second-order valence-electron chi connectivity index (χ2n) is 9.64. The Bertz CT molecular complexity index is 1830. The molecule has 6 rings (SSSR count). The van der Waals surface area contributed by atoms with Crippen LogP contribution in [0.1, 0.15) is 47.2 Å². The first-order chi connectivity index (χ1) is 19.7. The van der Waals surface area contributed by atoms with Gasteiger partial charge in [-0.2, -0.15) is 10.2 Å². The maximum absolute atomic E-state index is 14.4. The zero-order chi connectivity index (χ0) is 29.2. The molecule has 1 N–H and O–H groups in total. The van der Waals surface area contributed by atoms with Crippen molar-refractivity contribution in [1.82, 2.24) is 19.5 Å². The van der Waals surface area contributed by atoms with Crippen LogP contribution in [0, 0.1) is 11.3 Å². The molecular weight excluding hydrogens is 569 g/mol. The fourth-order valence-corrected chi connectivity index (χ4v) is 5.88.